The number of rotatable bonds is 6. The summed E-state index contributed by atoms with van der Waals surface area (Å²) in [7, 11) is 0. The summed E-state index contributed by atoms with van der Waals surface area (Å²) in [5, 5.41) is 3.78. The molecule has 0 spiro atoms. The molecule has 1 N–H and O–H groups in total. The van der Waals surface area contributed by atoms with Crippen molar-refractivity contribution in [3.8, 4) is 0 Å². The molecule has 1 heterocycles. The van der Waals surface area contributed by atoms with Crippen molar-refractivity contribution in [3.63, 3.8) is 0 Å². The van der Waals surface area contributed by atoms with Crippen LogP contribution in [0.4, 0.5) is 0 Å². The Bertz CT molecular complexity index is 153. The lowest BCUT2D eigenvalue weighted by Crippen LogP contribution is -2.38. The van der Waals surface area contributed by atoms with Gasteiger partial charge in [-0.15, -0.1) is 0 Å². The monoisotopic (exact) mass is 229 g/mol. The van der Waals surface area contributed by atoms with Crippen molar-refractivity contribution >= 4 is 11.8 Å². The number of nitrogens with one attached hydrogen (secondary N) is 1. The Kier molecular flexibility index (Phi) is 6.74. The van der Waals surface area contributed by atoms with Crippen LogP contribution in [-0.2, 0) is 0 Å². The molecule has 90 valence electrons. The zero-order chi connectivity index (χ0) is 11.1. The van der Waals surface area contributed by atoms with Crippen LogP contribution in [0.1, 0.15) is 52.9 Å². The Labute approximate surface area is 99.8 Å². The van der Waals surface area contributed by atoms with E-state index < -0.39 is 0 Å². The van der Waals surface area contributed by atoms with E-state index in [0.717, 1.165) is 18.0 Å². The van der Waals surface area contributed by atoms with Gasteiger partial charge in [-0.2, -0.15) is 11.8 Å². The highest BCUT2D eigenvalue weighted by atomic mass is 32.2. The maximum Gasteiger partial charge on any atom is 0.00852 e. The minimum atomic E-state index is 0.719. The molecule has 1 atom stereocenters. The van der Waals surface area contributed by atoms with Gasteiger partial charge in [-0.1, -0.05) is 26.7 Å². The summed E-state index contributed by atoms with van der Waals surface area (Å²) in [6.45, 7) is 6.98. The second-order valence-corrected chi connectivity index (χ2v) is 6.50. The van der Waals surface area contributed by atoms with E-state index in [4.69, 9.17) is 0 Å². The fourth-order valence-corrected chi connectivity index (χ4v) is 3.29. The highest BCUT2D eigenvalue weighted by molar-refractivity contribution is 7.99. The van der Waals surface area contributed by atoms with E-state index in [1.54, 1.807) is 0 Å². The van der Waals surface area contributed by atoms with Crippen molar-refractivity contribution in [2.75, 3.05) is 11.5 Å². The van der Waals surface area contributed by atoms with E-state index in [9.17, 15) is 0 Å². The van der Waals surface area contributed by atoms with Crippen LogP contribution in [-0.4, -0.2) is 23.6 Å². The molecule has 1 nitrogen and oxygen atoms in total. The van der Waals surface area contributed by atoms with Gasteiger partial charge in [0.25, 0.3) is 0 Å². The fourth-order valence-electron chi connectivity index (χ4n) is 2.18. The molecular weight excluding hydrogens is 202 g/mol. The average molecular weight is 229 g/mol. The maximum absolute atomic E-state index is 3.78. The van der Waals surface area contributed by atoms with E-state index >= 15 is 0 Å². The van der Waals surface area contributed by atoms with Crippen LogP contribution in [0.3, 0.4) is 0 Å². The van der Waals surface area contributed by atoms with Crippen molar-refractivity contribution < 1.29 is 0 Å². The smallest absolute Gasteiger partial charge is 0.00852 e. The van der Waals surface area contributed by atoms with Gasteiger partial charge in [-0.3, -0.25) is 0 Å². The quantitative estimate of drug-likeness (QED) is 0.745. The highest BCUT2D eigenvalue weighted by Crippen LogP contribution is 2.18. The van der Waals surface area contributed by atoms with Gasteiger partial charge in [0.1, 0.15) is 0 Å². The normalized spacial score (nSPS) is 20.8. The van der Waals surface area contributed by atoms with Gasteiger partial charge >= 0.3 is 0 Å². The lowest BCUT2D eigenvalue weighted by Gasteiger charge is -2.26. The number of thioether (sulfide) groups is 1. The van der Waals surface area contributed by atoms with Crippen LogP contribution in [0.15, 0.2) is 0 Å². The van der Waals surface area contributed by atoms with Gasteiger partial charge in [0, 0.05) is 12.1 Å². The first-order valence-electron chi connectivity index (χ1n) is 6.52. The molecule has 0 unspecified atom stereocenters. The molecule has 0 aromatic heterocycles. The average Bonchev–Trinajstić information content (AvgIpc) is 2.18. The van der Waals surface area contributed by atoms with Crippen LogP contribution >= 0.6 is 11.8 Å². The highest BCUT2D eigenvalue weighted by Gasteiger charge is 2.15. The summed E-state index contributed by atoms with van der Waals surface area (Å²) in [5.74, 6) is 3.58. The molecule has 0 aromatic carbocycles. The van der Waals surface area contributed by atoms with Crippen LogP contribution in [0, 0.1) is 5.92 Å². The first kappa shape index (κ1) is 13.4. The fraction of sp³-hybridized carbons (Fsp3) is 1.00. The zero-order valence-corrected chi connectivity index (χ0v) is 11.4. The molecule has 1 saturated heterocycles. The van der Waals surface area contributed by atoms with Gasteiger partial charge in [0.15, 0.2) is 0 Å². The number of hydrogen-bond acceptors (Lipinski definition) is 2. The van der Waals surface area contributed by atoms with E-state index in [1.807, 2.05) is 0 Å². The van der Waals surface area contributed by atoms with E-state index in [2.05, 4.69) is 37.8 Å². The van der Waals surface area contributed by atoms with Crippen molar-refractivity contribution in [2.45, 2.75) is 65.0 Å². The Morgan fingerprint density at radius 3 is 2.40 bits per heavy atom. The van der Waals surface area contributed by atoms with Crippen molar-refractivity contribution in [2.24, 2.45) is 5.92 Å². The summed E-state index contributed by atoms with van der Waals surface area (Å²) in [5.41, 5.74) is 0. The van der Waals surface area contributed by atoms with Gasteiger partial charge in [0.05, 0.1) is 0 Å². The molecule has 2 heteroatoms. The molecule has 0 aromatic rings. The van der Waals surface area contributed by atoms with E-state index in [-0.39, 0.29) is 0 Å². The molecule has 1 rings (SSSR count). The van der Waals surface area contributed by atoms with Crippen LogP contribution < -0.4 is 5.32 Å². The van der Waals surface area contributed by atoms with Crippen molar-refractivity contribution in [1.82, 2.24) is 5.32 Å². The number of hydrogen-bond donors (Lipinski definition) is 1. The Morgan fingerprint density at radius 1 is 1.13 bits per heavy atom. The van der Waals surface area contributed by atoms with E-state index in [0.29, 0.717) is 0 Å². The third kappa shape index (κ3) is 6.47. The first-order chi connectivity index (χ1) is 7.18. The minimum absolute atomic E-state index is 0.719. The Hall–Kier alpha value is 0.310. The lowest BCUT2D eigenvalue weighted by atomic mass is 10.0. The minimum Gasteiger partial charge on any atom is -0.311 e. The van der Waals surface area contributed by atoms with Crippen molar-refractivity contribution in [1.29, 1.82) is 0 Å². The van der Waals surface area contributed by atoms with Gasteiger partial charge in [-0.25, -0.2) is 0 Å². The summed E-state index contributed by atoms with van der Waals surface area (Å²) >= 11 is 2.11. The Morgan fingerprint density at radius 2 is 1.80 bits per heavy atom. The molecule has 15 heavy (non-hydrogen) atoms. The molecule has 1 fully saturated rings. The molecule has 0 radical (unpaired) electrons. The first-order valence-corrected chi connectivity index (χ1v) is 7.67. The standard InChI is InChI=1S/C13H27NS/c1-11(2)5-4-6-12(3)14-13-7-9-15-10-8-13/h11-14H,4-10H2,1-3H3/t12-/m1/s1. The second kappa shape index (κ2) is 7.56. The third-order valence-corrected chi connectivity index (χ3v) is 4.21. The predicted octanol–water partition coefficient (Wildman–Crippen LogP) is 3.69. The molecule has 1 aliphatic heterocycles. The maximum atomic E-state index is 3.78. The summed E-state index contributed by atoms with van der Waals surface area (Å²) < 4.78 is 0. The summed E-state index contributed by atoms with van der Waals surface area (Å²) in [4.78, 5) is 0. The van der Waals surface area contributed by atoms with Crippen LogP contribution in [0.25, 0.3) is 0 Å². The zero-order valence-electron chi connectivity index (χ0n) is 10.6. The molecule has 0 amide bonds. The third-order valence-electron chi connectivity index (χ3n) is 3.16. The molecule has 0 bridgehead atoms. The Balaban J connectivity index is 2.03. The van der Waals surface area contributed by atoms with Crippen LogP contribution in [0.5, 0.6) is 0 Å². The molecule has 0 saturated carbocycles. The van der Waals surface area contributed by atoms with Gasteiger partial charge < -0.3 is 5.32 Å². The van der Waals surface area contributed by atoms with Crippen molar-refractivity contribution in [3.05, 3.63) is 0 Å². The van der Waals surface area contributed by atoms with Gasteiger partial charge in [-0.05, 0) is 43.6 Å². The molecular formula is C13H27NS. The molecule has 0 aliphatic carbocycles. The van der Waals surface area contributed by atoms with E-state index in [1.165, 1.54) is 43.6 Å². The SMILES string of the molecule is CC(C)CCC[C@@H](C)NC1CCSCC1. The predicted molar refractivity (Wildman–Crippen MR) is 71.6 cm³/mol. The van der Waals surface area contributed by atoms with Crippen LogP contribution in [0.2, 0.25) is 0 Å². The summed E-state index contributed by atoms with van der Waals surface area (Å²) in [6.07, 6.45) is 6.86. The summed E-state index contributed by atoms with van der Waals surface area (Å²) in [6, 6.07) is 1.53. The lowest BCUT2D eigenvalue weighted by molar-refractivity contribution is 0.390. The second-order valence-electron chi connectivity index (χ2n) is 5.28. The largest absolute Gasteiger partial charge is 0.311 e. The topological polar surface area (TPSA) is 12.0 Å². The van der Waals surface area contributed by atoms with Gasteiger partial charge in [0.2, 0.25) is 0 Å². The molecule has 1 aliphatic rings.